The molecule has 0 aliphatic carbocycles. The van der Waals surface area contributed by atoms with Crippen LogP contribution in [0.15, 0.2) is 12.4 Å². The number of esters is 1. The molecule has 0 bridgehead atoms. The van der Waals surface area contributed by atoms with Crippen LogP contribution in [0.1, 0.15) is 5.69 Å². The smallest absolute Gasteiger partial charge is 0.433 e. The highest BCUT2D eigenvalue weighted by Gasteiger charge is 2.33. The predicted molar refractivity (Wildman–Crippen MR) is 44.5 cm³/mol. The van der Waals surface area contributed by atoms with Crippen LogP contribution in [0, 0.1) is 0 Å². The van der Waals surface area contributed by atoms with E-state index in [0.29, 0.717) is 12.4 Å². The molecule has 1 heterocycles. The third-order valence-corrected chi connectivity index (χ3v) is 1.50. The SMILES string of the molecule is COC(=O)COc1cc(C(F)(F)F)ncn1. The number of carbonyl (C=O) groups is 1. The molecule has 0 unspecified atom stereocenters. The fourth-order valence-corrected chi connectivity index (χ4v) is 0.765. The van der Waals surface area contributed by atoms with Crippen molar-refractivity contribution in [1.82, 2.24) is 9.97 Å². The zero-order valence-corrected chi connectivity index (χ0v) is 8.11. The van der Waals surface area contributed by atoms with E-state index in [9.17, 15) is 18.0 Å². The number of hydrogen-bond acceptors (Lipinski definition) is 5. The Labute approximate surface area is 88.2 Å². The quantitative estimate of drug-likeness (QED) is 0.734. The van der Waals surface area contributed by atoms with Crippen molar-refractivity contribution in [3.8, 4) is 5.88 Å². The van der Waals surface area contributed by atoms with Crippen LogP contribution in [0.3, 0.4) is 0 Å². The summed E-state index contributed by atoms with van der Waals surface area (Å²) in [7, 11) is 1.13. The minimum atomic E-state index is -4.58. The van der Waals surface area contributed by atoms with Gasteiger partial charge in [-0.2, -0.15) is 13.2 Å². The second-order valence-electron chi connectivity index (χ2n) is 2.60. The third-order valence-electron chi connectivity index (χ3n) is 1.50. The topological polar surface area (TPSA) is 61.3 Å². The van der Waals surface area contributed by atoms with E-state index in [-0.39, 0.29) is 5.88 Å². The van der Waals surface area contributed by atoms with Gasteiger partial charge in [0.2, 0.25) is 5.88 Å². The van der Waals surface area contributed by atoms with Gasteiger partial charge in [-0.25, -0.2) is 14.8 Å². The van der Waals surface area contributed by atoms with E-state index >= 15 is 0 Å². The lowest BCUT2D eigenvalue weighted by atomic mass is 10.4. The number of nitrogens with zero attached hydrogens (tertiary/aromatic N) is 2. The number of ether oxygens (including phenoxy) is 2. The van der Waals surface area contributed by atoms with E-state index in [1.165, 1.54) is 0 Å². The number of aromatic nitrogens is 2. The van der Waals surface area contributed by atoms with Crippen LogP contribution in [0.2, 0.25) is 0 Å². The molecule has 0 amide bonds. The van der Waals surface area contributed by atoms with E-state index in [1.807, 2.05) is 0 Å². The maximum Gasteiger partial charge on any atom is 0.433 e. The second kappa shape index (κ2) is 4.77. The highest BCUT2D eigenvalue weighted by atomic mass is 19.4. The molecule has 1 aromatic rings. The van der Waals surface area contributed by atoms with E-state index in [2.05, 4.69) is 19.4 Å². The van der Waals surface area contributed by atoms with Gasteiger partial charge >= 0.3 is 12.1 Å². The predicted octanol–water partition coefficient (Wildman–Crippen LogP) is 1.05. The lowest BCUT2D eigenvalue weighted by Crippen LogP contribution is -2.14. The molecule has 0 radical (unpaired) electrons. The third kappa shape index (κ3) is 3.37. The molecule has 1 aromatic heterocycles. The van der Waals surface area contributed by atoms with Crippen LogP contribution in [0.5, 0.6) is 5.88 Å². The van der Waals surface area contributed by atoms with Gasteiger partial charge in [0.15, 0.2) is 12.3 Å². The summed E-state index contributed by atoms with van der Waals surface area (Å²) in [6.45, 7) is -0.509. The van der Waals surface area contributed by atoms with Crippen molar-refractivity contribution in [3.63, 3.8) is 0 Å². The number of methoxy groups -OCH3 is 1. The standard InChI is InChI=1S/C8H7F3N2O3/c1-15-7(14)3-16-6-2-5(8(9,10)11)12-4-13-6/h2,4H,3H2,1H3. The van der Waals surface area contributed by atoms with Crippen molar-refractivity contribution in [3.05, 3.63) is 18.1 Å². The summed E-state index contributed by atoms with van der Waals surface area (Å²) in [6, 6.07) is 0.600. The molecule has 1 rings (SSSR count). The second-order valence-corrected chi connectivity index (χ2v) is 2.60. The summed E-state index contributed by atoms with van der Waals surface area (Å²) in [5.74, 6) is -1.06. The highest BCUT2D eigenvalue weighted by Crippen LogP contribution is 2.28. The van der Waals surface area contributed by atoms with E-state index in [4.69, 9.17) is 0 Å². The summed E-state index contributed by atoms with van der Waals surface area (Å²) < 4.78 is 45.5. The molecule has 0 aliphatic heterocycles. The summed E-state index contributed by atoms with van der Waals surface area (Å²) in [5, 5.41) is 0. The van der Waals surface area contributed by atoms with Gasteiger partial charge in [0.1, 0.15) is 6.33 Å². The summed E-state index contributed by atoms with van der Waals surface area (Å²) >= 11 is 0. The minimum absolute atomic E-state index is 0.340. The molecule has 0 aliphatic rings. The molecule has 0 saturated carbocycles. The summed E-state index contributed by atoms with van der Waals surface area (Å²) in [5.41, 5.74) is -1.14. The molecular weight excluding hydrogens is 229 g/mol. The van der Waals surface area contributed by atoms with Crippen molar-refractivity contribution >= 4 is 5.97 Å². The Bertz CT molecular complexity index is 381. The molecule has 0 saturated heterocycles. The summed E-state index contributed by atoms with van der Waals surface area (Å²) in [6.07, 6.45) is -3.87. The normalized spacial score (nSPS) is 11.0. The lowest BCUT2D eigenvalue weighted by molar-refractivity contribution is -0.143. The molecule has 8 heteroatoms. The fraction of sp³-hybridized carbons (Fsp3) is 0.375. The van der Waals surface area contributed by atoms with Gasteiger partial charge in [-0.15, -0.1) is 0 Å². The average Bonchev–Trinajstić information content (AvgIpc) is 2.25. The molecule has 0 atom stereocenters. The van der Waals surface area contributed by atoms with Gasteiger partial charge in [0.25, 0.3) is 0 Å². The monoisotopic (exact) mass is 236 g/mol. The maximum absolute atomic E-state index is 12.2. The van der Waals surface area contributed by atoms with Gasteiger partial charge in [-0.05, 0) is 0 Å². The molecule has 0 fully saturated rings. The largest absolute Gasteiger partial charge is 0.466 e. The first-order valence-corrected chi connectivity index (χ1v) is 4.02. The first-order valence-electron chi connectivity index (χ1n) is 4.02. The number of alkyl halides is 3. The Morgan fingerprint density at radius 1 is 1.44 bits per heavy atom. The number of rotatable bonds is 3. The van der Waals surface area contributed by atoms with Crippen molar-refractivity contribution < 1.29 is 27.4 Å². The molecule has 0 N–H and O–H groups in total. The van der Waals surface area contributed by atoms with Crippen molar-refractivity contribution in [2.75, 3.05) is 13.7 Å². The zero-order valence-electron chi connectivity index (χ0n) is 8.11. The van der Waals surface area contributed by atoms with Crippen LogP contribution in [0.25, 0.3) is 0 Å². The van der Waals surface area contributed by atoms with E-state index < -0.39 is 24.4 Å². The molecule has 88 valence electrons. The molecule has 16 heavy (non-hydrogen) atoms. The van der Waals surface area contributed by atoms with Crippen LogP contribution in [-0.2, 0) is 15.7 Å². The van der Waals surface area contributed by atoms with Gasteiger partial charge < -0.3 is 9.47 Å². The van der Waals surface area contributed by atoms with E-state index in [1.54, 1.807) is 0 Å². The average molecular weight is 236 g/mol. The van der Waals surface area contributed by atoms with Crippen LogP contribution < -0.4 is 4.74 Å². The Hall–Kier alpha value is -1.86. The Kier molecular flexibility index (Phi) is 3.64. The highest BCUT2D eigenvalue weighted by molar-refractivity contribution is 5.70. The Balaban J connectivity index is 2.72. The lowest BCUT2D eigenvalue weighted by Gasteiger charge is -2.07. The van der Waals surface area contributed by atoms with Crippen LogP contribution >= 0.6 is 0 Å². The molecular formula is C8H7F3N2O3. The van der Waals surface area contributed by atoms with Crippen LogP contribution in [-0.4, -0.2) is 29.7 Å². The Morgan fingerprint density at radius 3 is 2.69 bits per heavy atom. The molecule has 5 nitrogen and oxygen atoms in total. The first kappa shape index (κ1) is 12.2. The molecule has 0 aromatic carbocycles. The van der Waals surface area contributed by atoms with Crippen molar-refractivity contribution in [2.24, 2.45) is 0 Å². The van der Waals surface area contributed by atoms with Gasteiger partial charge in [0.05, 0.1) is 7.11 Å². The number of carbonyl (C=O) groups excluding carboxylic acids is 1. The van der Waals surface area contributed by atoms with Gasteiger partial charge in [0, 0.05) is 6.07 Å². The van der Waals surface area contributed by atoms with E-state index in [0.717, 1.165) is 7.11 Å². The van der Waals surface area contributed by atoms with Crippen molar-refractivity contribution in [2.45, 2.75) is 6.18 Å². The number of halogens is 3. The first-order chi connectivity index (χ1) is 7.43. The fourth-order valence-electron chi connectivity index (χ4n) is 0.765. The number of hydrogen-bond donors (Lipinski definition) is 0. The van der Waals surface area contributed by atoms with Gasteiger partial charge in [-0.1, -0.05) is 0 Å². The van der Waals surface area contributed by atoms with Crippen LogP contribution in [0.4, 0.5) is 13.2 Å². The summed E-state index contributed by atoms with van der Waals surface area (Å²) in [4.78, 5) is 17.1. The van der Waals surface area contributed by atoms with Gasteiger partial charge in [-0.3, -0.25) is 0 Å². The maximum atomic E-state index is 12.2. The minimum Gasteiger partial charge on any atom is -0.466 e. The zero-order chi connectivity index (χ0) is 12.2. The molecule has 0 spiro atoms. The van der Waals surface area contributed by atoms with Crippen molar-refractivity contribution in [1.29, 1.82) is 0 Å². The Morgan fingerprint density at radius 2 is 2.12 bits per heavy atom.